The van der Waals surface area contributed by atoms with Crippen LogP contribution in [-0.2, 0) is 16.2 Å². The van der Waals surface area contributed by atoms with Crippen molar-refractivity contribution < 1.29 is 0 Å². The molecule has 0 aliphatic carbocycles. The Morgan fingerprint density at radius 3 is 1.00 bits per heavy atom. The first-order chi connectivity index (χ1) is 28.5. The second-order valence-electron chi connectivity index (χ2n) is 18.2. The van der Waals surface area contributed by atoms with Crippen molar-refractivity contribution in [3.8, 4) is 22.3 Å². The van der Waals surface area contributed by atoms with Gasteiger partial charge in [0, 0.05) is 11.4 Å². The van der Waals surface area contributed by atoms with Gasteiger partial charge in [-0.2, -0.15) is 0 Å². The summed E-state index contributed by atoms with van der Waals surface area (Å²) < 4.78 is 0. The maximum atomic E-state index is 2.53. The predicted molar refractivity (Wildman–Crippen MR) is 250 cm³/mol. The molecule has 0 saturated carbocycles. The largest absolute Gasteiger partial charge is 0.310 e. The molecular formula is C57H50N2. The van der Waals surface area contributed by atoms with Gasteiger partial charge in [0.15, 0.2) is 0 Å². The van der Waals surface area contributed by atoms with E-state index in [4.69, 9.17) is 0 Å². The van der Waals surface area contributed by atoms with Gasteiger partial charge in [-0.05, 0) is 115 Å². The van der Waals surface area contributed by atoms with E-state index in [1.165, 1.54) is 78.4 Å². The van der Waals surface area contributed by atoms with Crippen LogP contribution in [-0.4, -0.2) is 0 Å². The number of rotatable bonds is 4. The summed E-state index contributed by atoms with van der Waals surface area (Å²) in [4.78, 5) is 5.00. The summed E-state index contributed by atoms with van der Waals surface area (Å²) in [6, 6.07) is 72.4. The lowest BCUT2D eigenvalue weighted by molar-refractivity contribution is 0.583. The van der Waals surface area contributed by atoms with Crippen LogP contribution >= 0.6 is 0 Å². The van der Waals surface area contributed by atoms with Gasteiger partial charge in [-0.1, -0.05) is 187 Å². The molecule has 0 saturated heterocycles. The van der Waals surface area contributed by atoms with Crippen LogP contribution in [0.25, 0.3) is 22.3 Å². The first kappa shape index (κ1) is 36.7. The molecule has 0 bridgehead atoms. The van der Waals surface area contributed by atoms with Crippen LogP contribution in [0.4, 0.5) is 34.1 Å². The summed E-state index contributed by atoms with van der Waals surface area (Å²) in [7, 11) is 0. The molecule has 0 N–H and O–H groups in total. The van der Waals surface area contributed by atoms with Crippen molar-refractivity contribution in [3.63, 3.8) is 0 Å². The lowest BCUT2D eigenvalue weighted by Gasteiger charge is -2.52. The van der Waals surface area contributed by atoms with E-state index in [0.717, 1.165) is 11.4 Å². The SMILES string of the molecule is CC(C)(C)c1ccc2c(c1)C1(c3ccccc3N2c2ccc(-c3ccccc3)cc2)c2ccccc2N(c2ccc(-c3ccccc3)cc2)c2ccc(C(C)(C)C)cc21. The highest BCUT2D eigenvalue weighted by Gasteiger charge is 2.52. The monoisotopic (exact) mass is 762 g/mol. The summed E-state index contributed by atoms with van der Waals surface area (Å²) in [5, 5.41) is 0. The average Bonchev–Trinajstić information content (AvgIpc) is 3.26. The maximum absolute atomic E-state index is 2.53. The van der Waals surface area contributed by atoms with Gasteiger partial charge in [0.1, 0.15) is 0 Å². The number of anilines is 6. The molecule has 0 atom stereocenters. The quantitative estimate of drug-likeness (QED) is 0.176. The number of hydrogen-bond donors (Lipinski definition) is 0. The lowest BCUT2D eigenvalue weighted by Crippen LogP contribution is -2.42. The Hall–Kier alpha value is -6.64. The van der Waals surface area contributed by atoms with E-state index in [-0.39, 0.29) is 10.8 Å². The topological polar surface area (TPSA) is 6.48 Å². The Balaban J connectivity index is 1.27. The molecule has 2 aliphatic heterocycles. The highest BCUT2D eigenvalue weighted by atomic mass is 15.2. The summed E-state index contributed by atoms with van der Waals surface area (Å²) in [5.74, 6) is 0. The molecule has 1 spiro atoms. The van der Waals surface area contributed by atoms with Gasteiger partial charge in [-0.15, -0.1) is 0 Å². The Labute approximate surface area is 350 Å². The number of hydrogen-bond acceptors (Lipinski definition) is 2. The van der Waals surface area contributed by atoms with E-state index < -0.39 is 5.41 Å². The minimum atomic E-state index is -0.624. The van der Waals surface area contributed by atoms with Gasteiger partial charge in [0.25, 0.3) is 0 Å². The molecule has 0 aromatic heterocycles. The first-order valence-corrected chi connectivity index (χ1v) is 20.9. The summed E-state index contributed by atoms with van der Waals surface area (Å²) >= 11 is 0. The molecule has 10 rings (SSSR count). The van der Waals surface area contributed by atoms with Crippen molar-refractivity contribution in [2.45, 2.75) is 57.8 Å². The number of fused-ring (bicyclic) bond motifs is 8. The van der Waals surface area contributed by atoms with Crippen LogP contribution in [0.5, 0.6) is 0 Å². The molecule has 8 aromatic rings. The van der Waals surface area contributed by atoms with Crippen LogP contribution in [0.1, 0.15) is 74.9 Å². The molecule has 8 aromatic carbocycles. The average molecular weight is 763 g/mol. The van der Waals surface area contributed by atoms with Crippen LogP contribution in [0, 0.1) is 0 Å². The standard InChI is InChI=1S/C57H50N2/c1-55(2,3)43-29-35-53-49(37-43)57(47-21-13-15-23-51(47)58(53)45-31-25-41(26-32-45)39-17-9-7-10-18-39)48-22-14-16-24-52(48)59(54-36-30-44(38-50(54)57)56(4,5)6)46-33-27-42(28-34-46)40-19-11-8-12-20-40/h7-38H,1-6H3. The minimum Gasteiger partial charge on any atom is -0.310 e. The lowest BCUT2D eigenvalue weighted by atomic mass is 9.59. The van der Waals surface area contributed by atoms with Gasteiger partial charge < -0.3 is 9.80 Å². The van der Waals surface area contributed by atoms with E-state index in [0.29, 0.717) is 0 Å². The van der Waals surface area contributed by atoms with Gasteiger partial charge >= 0.3 is 0 Å². The molecular weight excluding hydrogens is 713 g/mol. The second-order valence-corrected chi connectivity index (χ2v) is 18.2. The Morgan fingerprint density at radius 1 is 0.305 bits per heavy atom. The third kappa shape index (κ3) is 5.92. The molecule has 2 nitrogen and oxygen atoms in total. The zero-order valence-corrected chi connectivity index (χ0v) is 34.9. The Morgan fingerprint density at radius 2 is 0.627 bits per heavy atom. The van der Waals surface area contributed by atoms with Gasteiger partial charge in [0.05, 0.1) is 28.2 Å². The molecule has 0 radical (unpaired) electrons. The van der Waals surface area contributed by atoms with Gasteiger partial charge in [-0.3, -0.25) is 0 Å². The maximum Gasteiger partial charge on any atom is 0.0783 e. The predicted octanol–water partition coefficient (Wildman–Crippen LogP) is 15.6. The van der Waals surface area contributed by atoms with Gasteiger partial charge in [-0.25, -0.2) is 0 Å². The van der Waals surface area contributed by atoms with Crippen LogP contribution in [0.3, 0.4) is 0 Å². The van der Waals surface area contributed by atoms with Crippen LogP contribution in [0.15, 0.2) is 194 Å². The number of para-hydroxylation sites is 2. The minimum absolute atomic E-state index is 0.0633. The molecule has 2 heteroatoms. The van der Waals surface area contributed by atoms with E-state index >= 15 is 0 Å². The van der Waals surface area contributed by atoms with Crippen molar-refractivity contribution in [3.05, 3.63) is 228 Å². The molecule has 2 heterocycles. The van der Waals surface area contributed by atoms with E-state index in [1.54, 1.807) is 0 Å². The highest BCUT2D eigenvalue weighted by Crippen LogP contribution is 2.64. The van der Waals surface area contributed by atoms with Gasteiger partial charge in [0.2, 0.25) is 0 Å². The molecule has 288 valence electrons. The molecule has 2 aliphatic rings. The summed E-state index contributed by atoms with van der Waals surface area (Å²) in [5.41, 5.74) is 19.0. The fourth-order valence-corrected chi connectivity index (χ4v) is 9.52. The number of benzene rings is 8. The second kappa shape index (κ2) is 13.7. The fraction of sp³-hybridized carbons (Fsp3) is 0.158. The van der Waals surface area contributed by atoms with Crippen LogP contribution in [0.2, 0.25) is 0 Å². The van der Waals surface area contributed by atoms with E-state index in [2.05, 4.69) is 245 Å². The normalized spacial score (nSPS) is 14.0. The van der Waals surface area contributed by atoms with E-state index in [9.17, 15) is 0 Å². The zero-order valence-electron chi connectivity index (χ0n) is 34.9. The van der Waals surface area contributed by atoms with Crippen molar-refractivity contribution >= 4 is 34.1 Å². The van der Waals surface area contributed by atoms with Crippen LogP contribution < -0.4 is 9.80 Å². The molecule has 0 fully saturated rings. The third-order valence-electron chi connectivity index (χ3n) is 12.6. The first-order valence-electron chi connectivity index (χ1n) is 20.9. The zero-order chi connectivity index (χ0) is 40.5. The molecule has 0 unspecified atom stereocenters. The van der Waals surface area contributed by atoms with Crippen molar-refractivity contribution in [1.29, 1.82) is 0 Å². The van der Waals surface area contributed by atoms with Crippen molar-refractivity contribution in [1.82, 2.24) is 0 Å². The molecule has 0 amide bonds. The van der Waals surface area contributed by atoms with E-state index in [1.807, 2.05) is 0 Å². The van der Waals surface area contributed by atoms with Crippen molar-refractivity contribution in [2.24, 2.45) is 0 Å². The molecule has 59 heavy (non-hydrogen) atoms. The Bertz CT molecular complexity index is 2620. The smallest absolute Gasteiger partial charge is 0.0783 e. The fourth-order valence-electron chi connectivity index (χ4n) is 9.52. The summed E-state index contributed by atoms with van der Waals surface area (Å²) in [6.45, 7) is 14.0. The Kier molecular flexibility index (Phi) is 8.54. The highest BCUT2D eigenvalue weighted by molar-refractivity contribution is 5.97. The summed E-state index contributed by atoms with van der Waals surface area (Å²) in [6.07, 6.45) is 0. The third-order valence-corrected chi connectivity index (χ3v) is 12.6. The number of nitrogens with zero attached hydrogens (tertiary/aromatic N) is 2. The van der Waals surface area contributed by atoms with Crippen molar-refractivity contribution in [2.75, 3.05) is 9.80 Å².